The van der Waals surface area contributed by atoms with Crippen LogP contribution in [0, 0.1) is 6.92 Å². The van der Waals surface area contributed by atoms with Gasteiger partial charge in [-0.05, 0) is 31.0 Å². The van der Waals surface area contributed by atoms with E-state index in [4.69, 9.17) is 0 Å². The molecule has 0 atom stereocenters. The van der Waals surface area contributed by atoms with E-state index in [1.807, 2.05) is 30.3 Å². The molecule has 0 saturated heterocycles. The molecular weight excluding hydrogens is 356 g/mol. The number of hydrogen-bond acceptors (Lipinski definition) is 3. The van der Waals surface area contributed by atoms with E-state index in [2.05, 4.69) is 30.4 Å². The van der Waals surface area contributed by atoms with Gasteiger partial charge in [-0.3, -0.25) is 9.59 Å². The molecule has 4 nitrogen and oxygen atoms in total. The molecule has 2 aromatic heterocycles. The molecule has 0 fully saturated rings. The molecule has 5 heteroatoms. The van der Waals surface area contributed by atoms with Crippen molar-refractivity contribution in [2.75, 3.05) is 6.54 Å². The zero-order valence-corrected chi connectivity index (χ0v) is 16.1. The van der Waals surface area contributed by atoms with Crippen LogP contribution in [-0.4, -0.2) is 17.0 Å². The largest absolute Gasteiger partial charge is 0.351 e. The number of nitrogens with zero attached hydrogens (tertiary/aromatic N) is 1. The Kier molecular flexibility index (Phi) is 4.54. The van der Waals surface area contributed by atoms with Crippen LogP contribution >= 0.6 is 11.3 Å². The van der Waals surface area contributed by atoms with Gasteiger partial charge in [0.05, 0.1) is 15.8 Å². The Bertz CT molecular complexity index is 1220. The first-order valence-electron chi connectivity index (χ1n) is 8.89. The van der Waals surface area contributed by atoms with Gasteiger partial charge >= 0.3 is 0 Å². The van der Waals surface area contributed by atoms with E-state index >= 15 is 0 Å². The number of carbonyl (C=O) groups is 1. The number of hydrogen-bond donors (Lipinski definition) is 1. The second kappa shape index (κ2) is 7.00. The zero-order chi connectivity index (χ0) is 19.0. The van der Waals surface area contributed by atoms with Crippen LogP contribution in [0.15, 0.2) is 59.4 Å². The second-order valence-electron chi connectivity index (χ2n) is 6.73. The number of thiophene rings is 1. The number of benzene rings is 2. The molecule has 0 aliphatic heterocycles. The summed E-state index contributed by atoms with van der Waals surface area (Å²) in [5, 5.41) is 4.57. The number of rotatable bonds is 4. The van der Waals surface area contributed by atoms with Crippen LogP contribution in [0.4, 0.5) is 0 Å². The smallest absolute Gasteiger partial charge is 0.261 e. The molecule has 0 bridgehead atoms. The SMILES string of the molecule is Cc1cccc(CCNC(=O)c2cc3c(=O)n(C)c4ccccc4c3s2)c1. The van der Waals surface area contributed by atoms with Gasteiger partial charge in [0.15, 0.2) is 0 Å². The predicted molar refractivity (Wildman–Crippen MR) is 112 cm³/mol. The van der Waals surface area contributed by atoms with Gasteiger partial charge in [0.25, 0.3) is 11.5 Å². The standard InChI is InChI=1S/C22H20N2O2S/c1-14-6-5-7-15(12-14)10-11-23-21(25)19-13-17-20(27-19)16-8-3-4-9-18(16)24(2)22(17)26/h3-9,12-13H,10-11H2,1-2H3,(H,23,25). The number of pyridine rings is 1. The van der Waals surface area contributed by atoms with Crippen molar-refractivity contribution in [1.29, 1.82) is 0 Å². The molecule has 0 aliphatic rings. The highest BCUT2D eigenvalue weighted by atomic mass is 32.1. The van der Waals surface area contributed by atoms with Gasteiger partial charge in [0.1, 0.15) is 0 Å². The van der Waals surface area contributed by atoms with Crippen molar-refractivity contribution < 1.29 is 4.79 Å². The first kappa shape index (κ1) is 17.5. The third-order valence-corrected chi connectivity index (χ3v) is 5.95. The molecule has 0 spiro atoms. The lowest BCUT2D eigenvalue weighted by atomic mass is 10.1. The molecule has 0 unspecified atom stereocenters. The van der Waals surface area contributed by atoms with Gasteiger partial charge in [-0.15, -0.1) is 11.3 Å². The van der Waals surface area contributed by atoms with Crippen molar-refractivity contribution in [3.8, 4) is 0 Å². The maximum atomic E-state index is 12.6. The molecule has 4 rings (SSSR count). The highest BCUT2D eigenvalue weighted by Gasteiger charge is 2.15. The summed E-state index contributed by atoms with van der Waals surface area (Å²) < 4.78 is 2.52. The maximum absolute atomic E-state index is 12.6. The Morgan fingerprint density at radius 2 is 1.89 bits per heavy atom. The average Bonchev–Trinajstić information content (AvgIpc) is 3.12. The van der Waals surface area contributed by atoms with Crippen molar-refractivity contribution >= 4 is 38.2 Å². The minimum absolute atomic E-state index is 0.0706. The first-order valence-corrected chi connectivity index (χ1v) is 9.71. The summed E-state index contributed by atoms with van der Waals surface area (Å²) in [6, 6.07) is 17.8. The van der Waals surface area contributed by atoms with Crippen LogP contribution in [0.1, 0.15) is 20.8 Å². The van der Waals surface area contributed by atoms with Crippen LogP contribution in [0.2, 0.25) is 0 Å². The first-order chi connectivity index (χ1) is 13.0. The number of amides is 1. The van der Waals surface area contributed by atoms with Crippen molar-refractivity contribution in [3.05, 3.63) is 81.0 Å². The topological polar surface area (TPSA) is 51.1 Å². The molecule has 2 aromatic carbocycles. The number of fused-ring (bicyclic) bond motifs is 3. The molecule has 27 heavy (non-hydrogen) atoms. The van der Waals surface area contributed by atoms with Gasteiger partial charge in [-0.25, -0.2) is 0 Å². The molecular formula is C22H20N2O2S. The van der Waals surface area contributed by atoms with Gasteiger partial charge in [0.2, 0.25) is 0 Å². The number of aryl methyl sites for hydroxylation is 2. The van der Waals surface area contributed by atoms with Gasteiger partial charge in [-0.2, -0.15) is 0 Å². The lowest BCUT2D eigenvalue weighted by Crippen LogP contribution is -2.24. The van der Waals surface area contributed by atoms with E-state index in [1.54, 1.807) is 17.7 Å². The average molecular weight is 376 g/mol. The van der Waals surface area contributed by atoms with Crippen LogP contribution in [-0.2, 0) is 13.5 Å². The quantitative estimate of drug-likeness (QED) is 0.585. The Balaban J connectivity index is 1.60. The van der Waals surface area contributed by atoms with E-state index < -0.39 is 0 Å². The van der Waals surface area contributed by atoms with E-state index in [0.717, 1.165) is 22.0 Å². The van der Waals surface area contributed by atoms with Gasteiger partial charge in [-0.1, -0.05) is 48.0 Å². The number of nitrogens with one attached hydrogen (secondary N) is 1. The normalized spacial score (nSPS) is 11.2. The fourth-order valence-corrected chi connectivity index (χ4v) is 4.49. The fourth-order valence-electron chi connectivity index (χ4n) is 3.39. The summed E-state index contributed by atoms with van der Waals surface area (Å²) in [6.45, 7) is 2.62. The van der Waals surface area contributed by atoms with Crippen molar-refractivity contribution in [3.63, 3.8) is 0 Å². The van der Waals surface area contributed by atoms with Crippen LogP contribution < -0.4 is 10.9 Å². The monoisotopic (exact) mass is 376 g/mol. The molecule has 0 saturated carbocycles. The summed E-state index contributed by atoms with van der Waals surface area (Å²) in [4.78, 5) is 25.8. The van der Waals surface area contributed by atoms with E-state index in [0.29, 0.717) is 16.8 Å². The van der Waals surface area contributed by atoms with Crippen LogP contribution in [0.3, 0.4) is 0 Å². The van der Waals surface area contributed by atoms with Gasteiger partial charge in [0, 0.05) is 23.7 Å². The highest BCUT2D eigenvalue weighted by molar-refractivity contribution is 7.21. The van der Waals surface area contributed by atoms with Crippen LogP contribution in [0.5, 0.6) is 0 Å². The predicted octanol–water partition coefficient (Wildman–Crippen LogP) is 4.03. The van der Waals surface area contributed by atoms with Crippen molar-refractivity contribution in [2.45, 2.75) is 13.3 Å². The molecule has 2 heterocycles. The Hall–Kier alpha value is -2.92. The summed E-state index contributed by atoms with van der Waals surface area (Å²) in [6.07, 6.45) is 0.781. The third kappa shape index (κ3) is 3.26. The molecule has 1 N–H and O–H groups in total. The molecule has 136 valence electrons. The Labute approximate surface area is 161 Å². The minimum Gasteiger partial charge on any atom is -0.351 e. The van der Waals surface area contributed by atoms with Crippen LogP contribution in [0.25, 0.3) is 21.0 Å². The lowest BCUT2D eigenvalue weighted by molar-refractivity contribution is 0.0958. The lowest BCUT2D eigenvalue weighted by Gasteiger charge is -2.05. The molecule has 4 aromatic rings. The molecule has 0 radical (unpaired) electrons. The van der Waals surface area contributed by atoms with E-state index in [9.17, 15) is 9.59 Å². The Morgan fingerprint density at radius 1 is 1.07 bits per heavy atom. The summed E-state index contributed by atoms with van der Waals surface area (Å²) in [5.41, 5.74) is 3.22. The highest BCUT2D eigenvalue weighted by Crippen LogP contribution is 2.30. The van der Waals surface area contributed by atoms with E-state index in [1.165, 1.54) is 22.5 Å². The maximum Gasteiger partial charge on any atom is 0.261 e. The zero-order valence-electron chi connectivity index (χ0n) is 15.3. The third-order valence-electron chi connectivity index (χ3n) is 4.78. The van der Waals surface area contributed by atoms with Crippen molar-refractivity contribution in [2.24, 2.45) is 7.05 Å². The van der Waals surface area contributed by atoms with Crippen molar-refractivity contribution in [1.82, 2.24) is 9.88 Å². The number of para-hydroxylation sites is 1. The molecule has 1 amide bonds. The molecule has 0 aliphatic carbocycles. The van der Waals surface area contributed by atoms with E-state index in [-0.39, 0.29) is 11.5 Å². The second-order valence-corrected chi connectivity index (χ2v) is 7.78. The van der Waals surface area contributed by atoms with Gasteiger partial charge < -0.3 is 9.88 Å². The summed E-state index contributed by atoms with van der Waals surface area (Å²) >= 11 is 1.38. The fraction of sp³-hybridized carbons (Fsp3) is 0.182. The number of aromatic nitrogens is 1. The number of carbonyl (C=O) groups excluding carboxylic acids is 1. The minimum atomic E-state index is -0.130. The Morgan fingerprint density at radius 3 is 2.70 bits per heavy atom. The summed E-state index contributed by atoms with van der Waals surface area (Å²) in [5.74, 6) is -0.130. The summed E-state index contributed by atoms with van der Waals surface area (Å²) in [7, 11) is 1.77.